The molecule has 1 saturated heterocycles. The Morgan fingerprint density at radius 1 is 1.39 bits per heavy atom. The van der Waals surface area contributed by atoms with Crippen LogP contribution in [0.4, 0.5) is 14.5 Å². The quantitative estimate of drug-likeness (QED) is 0.864. The molecule has 1 fully saturated rings. The number of halogens is 2. The van der Waals surface area contributed by atoms with Crippen molar-refractivity contribution in [2.75, 3.05) is 18.5 Å². The van der Waals surface area contributed by atoms with Gasteiger partial charge in [0.25, 0.3) is 5.91 Å². The van der Waals surface area contributed by atoms with Crippen LogP contribution >= 0.6 is 0 Å². The summed E-state index contributed by atoms with van der Waals surface area (Å²) in [5.74, 6) is -2.62. The van der Waals surface area contributed by atoms with Crippen LogP contribution in [0.2, 0.25) is 0 Å². The Bertz CT molecular complexity index is 460. The zero-order valence-electron chi connectivity index (χ0n) is 9.71. The first-order chi connectivity index (χ1) is 8.58. The molecule has 1 atom stereocenters. The van der Waals surface area contributed by atoms with E-state index >= 15 is 0 Å². The van der Waals surface area contributed by atoms with Crippen molar-refractivity contribution >= 4 is 11.6 Å². The SMILES string of the molecule is NC(=O)c1cc(NC2CCCOC2)c(F)cc1F. The van der Waals surface area contributed by atoms with Crippen molar-refractivity contribution in [1.29, 1.82) is 0 Å². The molecule has 1 aromatic rings. The highest BCUT2D eigenvalue weighted by atomic mass is 19.1. The molecule has 1 aliphatic heterocycles. The Balaban J connectivity index is 2.21. The minimum Gasteiger partial charge on any atom is -0.379 e. The first-order valence-electron chi connectivity index (χ1n) is 5.71. The van der Waals surface area contributed by atoms with Crippen LogP contribution in [0.15, 0.2) is 12.1 Å². The fourth-order valence-electron chi connectivity index (χ4n) is 1.92. The van der Waals surface area contributed by atoms with E-state index in [2.05, 4.69) is 5.32 Å². The Morgan fingerprint density at radius 3 is 2.78 bits per heavy atom. The van der Waals surface area contributed by atoms with Gasteiger partial charge in [0.2, 0.25) is 0 Å². The summed E-state index contributed by atoms with van der Waals surface area (Å²) in [5.41, 5.74) is 4.76. The van der Waals surface area contributed by atoms with Gasteiger partial charge in [0.1, 0.15) is 11.6 Å². The smallest absolute Gasteiger partial charge is 0.251 e. The van der Waals surface area contributed by atoms with Gasteiger partial charge in [-0.3, -0.25) is 4.79 Å². The summed E-state index contributed by atoms with van der Waals surface area (Å²) >= 11 is 0. The van der Waals surface area contributed by atoms with Gasteiger partial charge in [0.15, 0.2) is 0 Å². The number of nitrogens with two attached hydrogens (primary N) is 1. The zero-order chi connectivity index (χ0) is 13.1. The highest BCUT2D eigenvalue weighted by molar-refractivity contribution is 5.94. The topological polar surface area (TPSA) is 64.4 Å². The number of amides is 1. The third-order valence-corrected chi connectivity index (χ3v) is 2.84. The lowest BCUT2D eigenvalue weighted by molar-refractivity contribution is 0.0875. The summed E-state index contributed by atoms with van der Waals surface area (Å²) in [5, 5.41) is 2.90. The van der Waals surface area contributed by atoms with E-state index < -0.39 is 17.5 Å². The molecule has 98 valence electrons. The van der Waals surface area contributed by atoms with Crippen molar-refractivity contribution in [3.8, 4) is 0 Å². The molecule has 0 saturated carbocycles. The molecule has 1 aromatic carbocycles. The van der Waals surface area contributed by atoms with Crippen LogP contribution in [0.5, 0.6) is 0 Å². The number of benzene rings is 1. The van der Waals surface area contributed by atoms with Gasteiger partial charge < -0.3 is 15.8 Å². The second kappa shape index (κ2) is 5.30. The molecule has 6 heteroatoms. The lowest BCUT2D eigenvalue weighted by Crippen LogP contribution is -2.30. The Morgan fingerprint density at radius 2 is 2.17 bits per heavy atom. The maximum Gasteiger partial charge on any atom is 0.251 e. The molecule has 18 heavy (non-hydrogen) atoms. The first-order valence-corrected chi connectivity index (χ1v) is 5.71. The summed E-state index contributed by atoms with van der Waals surface area (Å²) in [6.45, 7) is 1.15. The van der Waals surface area contributed by atoms with Gasteiger partial charge in [-0.1, -0.05) is 0 Å². The molecule has 4 nitrogen and oxygen atoms in total. The van der Waals surface area contributed by atoms with E-state index in [1.54, 1.807) is 0 Å². The maximum atomic E-state index is 13.6. The number of carbonyl (C=O) groups is 1. The van der Waals surface area contributed by atoms with Crippen LogP contribution in [-0.2, 0) is 4.74 Å². The summed E-state index contributed by atoms with van der Waals surface area (Å²) in [6.07, 6.45) is 1.71. The van der Waals surface area contributed by atoms with E-state index in [1.807, 2.05) is 0 Å². The molecule has 2 rings (SSSR count). The molecule has 0 aromatic heterocycles. The number of rotatable bonds is 3. The van der Waals surface area contributed by atoms with E-state index in [0.29, 0.717) is 19.3 Å². The average molecular weight is 256 g/mol. The van der Waals surface area contributed by atoms with Gasteiger partial charge in [0, 0.05) is 18.7 Å². The van der Waals surface area contributed by atoms with E-state index in [9.17, 15) is 13.6 Å². The van der Waals surface area contributed by atoms with E-state index in [4.69, 9.17) is 10.5 Å². The highest BCUT2D eigenvalue weighted by Crippen LogP contribution is 2.22. The van der Waals surface area contributed by atoms with Crippen molar-refractivity contribution in [3.63, 3.8) is 0 Å². The molecule has 1 amide bonds. The van der Waals surface area contributed by atoms with Gasteiger partial charge in [-0.2, -0.15) is 0 Å². The minimum absolute atomic E-state index is 0.0422. The monoisotopic (exact) mass is 256 g/mol. The molecule has 1 unspecified atom stereocenters. The van der Waals surface area contributed by atoms with Gasteiger partial charge in [-0.05, 0) is 18.9 Å². The maximum absolute atomic E-state index is 13.6. The molecule has 0 spiro atoms. The minimum atomic E-state index is -0.953. The van der Waals surface area contributed by atoms with Crippen molar-refractivity contribution in [3.05, 3.63) is 29.3 Å². The summed E-state index contributed by atoms with van der Waals surface area (Å²) in [6, 6.07) is 1.72. The zero-order valence-corrected chi connectivity index (χ0v) is 9.71. The first kappa shape index (κ1) is 12.8. The number of hydrogen-bond acceptors (Lipinski definition) is 3. The van der Waals surface area contributed by atoms with Gasteiger partial charge in [0.05, 0.1) is 17.9 Å². The summed E-state index contributed by atoms with van der Waals surface area (Å²) < 4.78 is 32.1. The predicted octanol–water partition coefficient (Wildman–Crippen LogP) is 1.65. The largest absolute Gasteiger partial charge is 0.379 e. The van der Waals surface area contributed by atoms with Gasteiger partial charge in [-0.15, -0.1) is 0 Å². The Labute approximate surface area is 103 Å². The molecule has 1 heterocycles. The van der Waals surface area contributed by atoms with E-state index in [0.717, 1.165) is 18.9 Å². The lowest BCUT2D eigenvalue weighted by Gasteiger charge is -2.24. The van der Waals surface area contributed by atoms with Crippen LogP contribution in [0.25, 0.3) is 0 Å². The number of nitrogens with one attached hydrogen (secondary N) is 1. The number of ether oxygens (including phenoxy) is 1. The fourth-order valence-corrected chi connectivity index (χ4v) is 1.92. The van der Waals surface area contributed by atoms with Gasteiger partial charge in [-0.25, -0.2) is 8.78 Å². The average Bonchev–Trinajstić information content (AvgIpc) is 2.33. The molecular formula is C12H14F2N2O2. The normalized spacial score (nSPS) is 19.6. The van der Waals surface area contributed by atoms with Crippen LogP contribution in [-0.4, -0.2) is 25.2 Å². The van der Waals surface area contributed by atoms with Crippen LogP contribution in [0.1, 0.15) is 23.2 Å². The number of carbonyl (C=O) groups excluding carboxylic acids is 1. The van der Waals surface area contributed by atoms with Crippen LogP contribution in [0, 0.1) is 11.6 Å². The third-order valence-electron chi connectivity index (χ3n) is 2.84. The number of primary amides is 1. The molecular weight excluding hydrogens is 242 g/mol. The van der Waals surface area contributed by atoms with E-state index in [1.165, 1.54) is 0 Å². The highest BCUT2D eigenvalue weighted by Gasteiger charge is 2.18. The second-order valence-electron chi connectivity index (χ2n) is 4.23. The van der Waals surface area contributed by atoms with Crippen LogP contribution < -0.4 is 11.1 Å². The summed E-state index contributed by atoms with van der Waals surface area (Å²) in [4.78, 5) is 11.0. The summed E-state index contributed by atoms with van der Waals surface area (Å²) in [7, 11) is 0. The van der Waals surface area contributed by atoms with Crippen molar-refractivity contribution in [1.82, 2.24) is 0 Å². The Hall–Kier alpha value is -1.69. The third kappa shape index (κ3) is 2.76. The number of hydrogen-bond donors (Lipinski definition) is 2. The molecule has 3 N–H and O–H groups in total. The lowest BCUT2D eigenvalue weighted by atomic mass is 10.1. The van der Waals surface area contributed by atoms with Crippen molar-refractivity contribution in [2.45, 2.75) is 18.9 Å². The van der Waals surface area contributed by atoms with Crippen molar-refractivity contribution < 1.29 is 18.3 Å². The molecule has 0 aliphatic carbocycles. The second-order valence-corrected chi connectivity index (χ2v) is 4.23. The molecule has 0 bridgehead atoms. The van der Waals surface area contributed by atoms with E-state index in [-0.39, 0.29) is 17.3 Å². The Kier molecular flexibility index (Phi) is 3.76. The predicted molar refractivity (Wildman–Crippen MR) is 62.3 cm³/mol. The van der Waals surface area contributed by atoms with Crippen LogP contribution in [0.3, 0.4) is 0 Å². The molecule has 1 aliphatic rings. The number of anilines is 1. The molecule has 0 radical (unpaired) electrons. The fraction of sp³-hybridized carbons (Fsp3) is 0.417. The van der Waals surface area contributed by atoms with Gasteiger partial charge >= 0.3 is 0 Å². The standard InChI is InChI=1S/C12H14F2N2O2/c13-9-5-10(14)11(4-8(9)12(15)17)16-7-2-1-3-18-6-7/h4-5,7,16H,1-3,6H2,(H2,15,17). The van der Waals surface area contributed by atoms with Crippen molar-refractivity contribution in [2.24, 2.45) is 5.73 Å².